The standard InChI is InChI=1S/C10H13BrF2N2/c1-6-4-9(14-5-8(6)11)15-7(2)10(3,12)13/h4-5,7H,1-3H3,(H,14,15). The number of halogens is 3. The van der Waals surface area contributed by atoms with Crippen LogP contribution >= 0.6 is 15.9 Å². The van der Waals surface area contributed by atoms with Gasteiger partial charge in [-0.3, -0.25) is 0 Å². The Hall–Kier alpha value is -0.710. The van der Waals surface area contributed by atoms with E-state index in [1.165, 1.54) is 6.92 Å². The lowest BCUT2D eigenvalue weighted by atomic mass is 10.2. The molecule has 0 aliphatic carbocycles. The van der Waals surface area contributed by atoms with Crippen molar-refractivity contribution < 1.29 is 8.78 Å². The summed E-state index contributed by atoms with van der Waals surface area (Å²) < 4.78 is 26.6. The molecule has 0 saturated heterocycles. The Bertz CT molecular complexity index is 350. The summed E-state index contributed by atoms with van der Waals surface area (Å²) in [6, 6.07) is 0.789. The molecule has 0 aromatic carbocycles. The largest absolute Gasteiger partial charge is 0.362 e. The van der Waals surface area contributed by atoms with Crippen LogP contribution < -0.4 is 5.32 Å². The highest BCUT2D eigenvalue weighted by Crippen LogP contribution is 2.22. The summed E-state index contributed by atoms with van der Waals surface area (Å²) in [6.45, 7) is 4.20. The lowest BCUT2D eigenvalue weighted by Gasteiger charge is -2.21. The van der Waals surface area contributed by atoms with Gasteiger partial charge < -0.3 is 5.32 Å². The van der Waals surface area contributed by atoms with Gasteiger partial charge >= 0.3 is 0 Å². The minimum atomic E-state index is -2.76. The molecule has 15 heavy (non-hydrogen) atoms. The van der Waals surface area contributed by atoms with E-state index in [-0.39, 0.29) is 0 Å². The lowest BCUT2D eigenvalue weighted by Crippen LogP contribution is -2.34. The summed E-state index contributed by atoms with van der Waals surface area (Å²) in [5.74, 6) is -2.30. The van der Waals surface area contributed by atoms with Gasteiger partial charge in [0.2, 0.25) is 0 Å². The minimum absolute atomic E-state index is 0.463. The molecule has 0 saturated carbocycles. The zero-order chi connectivity index (χ0) is 11.6. The van der Waals surface area contributed by atoms with E-state index in [1.807, 2.05) is 6.92 Å². The first kappa shape index (κ1) is 12.4. The molecule has 0 bridgehead atoms. The van der Waals surface area contributed by atoms with Gasteiger partial charge in [0.15, 0.2) is 0 Å². The third-order valence-electron chi connectivity index (χ3n) is 2.17. The molecule has 1 rings (SSSR count). The predicted molar refractivity (Wildman–Crippen MR) is 60.4 cm³/mol. The molecular formula is C10H13BrF2N2. The highest BCUT2D eigenvalue weighted by molar-refractivity contribution is 9.10. The molecule has 0 amide bonds. The van der Waals surface area contributed by atoms with Crippen LogP contribution in [0.15, 0.2) is 16.7 Å². The van der Waals surface area contributed by atoms with Gasteiger partial charge in [-0.2, -0.15) is 0 Å². The van der Waals surface area contributed by atoms with Crippen molar-refractivity contribution in [2.24, 2.45) is 0 Å². The number of anilines is 1. The van der Waals surface area contributed by atoms with Crippen LogP contribution in [0.25, 0.3) is 0 Å². The summed E-state index contributed by atoms with van der Waals surface area (Å²) in [5, 5.41) is 2.67. The average molecular weight is 279 g/mol. The average Bonchev–Trinajstić information content (AvgIpc) is 2.10. The molecule has 0 spiro atoms. The van der Waals surface area contributed by atoms with Crippen LogP contribution in [0.5, 0.6) is 0 Å². The number of aryl methyl sites for hydroxylation is 1. The smallest absolute Gasteiger partial charge is 0.264 e. The topological polar surface area (TPSA) is 24.9 Å². The Morgan fingerprint density at radius 1 is 1.53 bits per heavy atom. The molecule has 1 N–H and O–H groups in total. The molecule has 84 valence electrons. The SMILES string of the molecule is Cc1cc(NC(C)C(C)(F)F)ncc1Br. The first-order valence-corrected chi connectivity index (χ1v) is 5.36. The number of hydrogen-bond donors (Lipinski definition) is 1. The van der Waals surface area contributed by atoms with Gasteiger partial charge in [0.1, 0.15) is 5.82 Å². The summed E-state index contributed by atoms with van der Waals surface area (Å²) in [5.41, 5.74) is 0.958. The molecular weight excluding hydrogens is 266 g/mol. The Morgan fingerprint density at radius 3 is 2.60 bits per heavy atom. The maximum atomic E-state index is 12.9. The van der Waals surface area contributed by atoms with E-state index in [9.17, 15) is 8.78 Å². The van der Waals surface area contributed by atoms with E-state index in [0.29, 0.717) is 5.82 Å². The Morgan fingerprint density at radius 2 is 2.13 bits per heavy atom. The van der Waals surface area contributed by atoms with Crippen molar-refractivity contribution in [2.45, 2.75) is 32.7 Å². The third-order valence-corrected chi connectivity index (χ3v) is 3.00. The van der Waals surface area contributed by atoms with E-state index < -0.39 is 12.0 Å². The van der Waals surface area contributed by atoms with Gasteiger partial charge in [0.25, 0.3) is 5.92 Å². The molecule has 0 fully saturated rings. The number of hydrogen-bond acceptors (Lipinski definition) is 2. The van der Waals surface area contributed by atoms with Crippen molar-refractivity contribution >= 4 is 21.7 Å². The molecule has 2 nitrogen and oxygen atoms in total. The van der Waals surface area contributed by atoms with Crippen LogP contribution in [-0.4, -0.2) is 16.9 Å². The van der Waals surface area contributed by atoms with Crippen molar-refractivity contribution in [3.05, 3.63) is 22.3 Å². The van der Waals surface area contributed by atoms with E-state index in [0.717, 1.165) is 17.0 Å². The summed E-state index contributed by atoms with van der Waals surface area (Å²) in [4.78, 5) is 4.00. The minimum Gasteiger partial charge on any atom is -0.362 e. The Labute approximate surface area is 96.2 Å². The summed E-state index contributed by atoms with van der Waals surface area (Å²) in [7, 11) is 0. The van der Waals surface area contributed by atoms with Gasteiger partial charge in [-0.15, -0.1) is 0 Å². The highest BCUT2D eigenvalue weighted by atomic mass is 79.9. The highest BCUT2D eigenvalue weighted by Gasteiger charge is 2.30. The molecule has 0 aliphatic rings. The summed E-state index contributed by atoms with van der Waals surface area (Å²) in [6.07, 6.45) is 1.60. The number of nitrogens with zero attached hydrogens (tertiary/aromatic N) is 1. The van der Waals surface area contributed by atoms with Crippen LogP contribution in [0.4, 0.5) is 14.6 Å². The monoisotopic (exact) mass is 278 g/mol. The number of alkyl halides is 2. The fraction of sp³-hybridized carbons (Fsp3) is 0.500. The van der Waals surface area contributed by atoms with E-state index in [4.69, 9.17) is 0 Å². The predicted octanol–water partition coefficient (Wildman–Crippen LogP) is 3.61. The van der Waals surface area contributed by atoms with Gasteiger partial charge in [-0.1, -0.05) is 0 Å². The fourth-order valence-electron chi connectivity index (χ4n) is 0.967. The van der Waals surface area contributed by atoms with Crippen LogP contribution in [-0.2, 0) is 0 Å². The second-order valence-corrected chi connectivity index (χ2v) is 4.50. The molecule has 1 heterocycles. The maximum absolute atomic E-state index is 12.9. The number of pyridine rings is 1. The van der Waals surface area contributed by atoms with Gasteiger partial charge in [-0.25, -0.2) is 13.8 Å². The summed E-state index contributed by atoms with van der Waals surface area (Å²) >= 11 is 3.30. The van der Waals surface area contributed by atoms with E-state index in [1.54, 1.807) is 12.3 Å². The zero-order valence-corrected chi connectivity index (χ0v) is 10.4. The van der Waals surface area contributed by atoms with Crippen molar-refractivity contribution in [3.63, 3.8) is 0 Å². The first-order valence-electron chi connectivity index (χ1n) is 4.57. The Kier molecular flexibility index (Phi) is 3.65. The van der Waals surface area contributed by atoms with Crippen LogP contribution in [0.3, 0.4) is 0 Å². The molecule has 1 unspecified atom stereocenters. The van der Waals surface area contributed by atoms with Gasteiger partial charge in [0.05, 0.1) is 6.04 Å². The van der Waals surface area contributed by atoms with Crippen LogP contribution in [0, 0.1) is 6.92 Å². The first-order chi connectivity index (χ1) is 6.80. The number of nitrogens with one attached hydrogen (secondary N) is 1. The molecule has 0 aliphatic heterocycles. The molecule has 1 aromatic rings. The molecule has 1 atom stereocenters. The second kappa shape index (κ2) is 4.43. The quantitative estimate of drug-likeness (QED) is 0.914. The maximum Gasteiger partial charge on any atom is 0.264 e. The second-order valence-electron chi connectivity index (χ2n) is 3.64. The van der Waals surface area contributed by atoms with Crippen LogP contribution in [0.1, 0.15) is 19.4 Å². The fourth-order valence-corrected chi connectivity index (χ4v) is 1.18. The van der Waals surface area contributed by atoms with Crippen LogP contribution in [0.2, 0.25) is 0 Å². The molecule has 0 radical (unpaired) electrons. The van der Waals surface area contributed by atoms with Gasteiger partial charge in [0, 0.05) is 17.6 Å². The van der Waals surface area contributed by atoms with E-state index >= 15 is 0 Å². The molecule has 1 aromatic heterocycles. The lowest BCUT2D eigenvalue weighted by molar-refractivity contribution is 0.00688. The third kappa shape index (κ3) is 3.41. The molecule has 5 heteroatoms. The van der Waals surface area contributed by atoms with Crippen molar-refractivity contribution in [2.75, 3.05) is 5.32 Å². The normalized spacial score (nSPS) is 13.7. The van der Waals surface area contributed by atoms with Crippen molar-refractivity contribution in [1.82, 2.24) is 4.98 Å². The van der Waals surface area contributed by atoms with E-state index in [2.05, 4.69) is 26.2 Å². The zero-order valence-electron chi connectivity index (χ0n) is 8.81. The number of aromatic nitrogens is 1. The van der Waals surface area contributed by atoms with Crippen molar-refractivity contribution in [1.29, 1.82) is 0 Å². The van der Waals surface area contributed by atoms with Gasteiger partial charge in [-0.05, 0) is 41.4 Å². The van der Waals surface area contributed by atoms with Crippen molar-refractivity contribution in [3.8, 4) is 0 Å². The Balaban J connectivity index is 2.78. The number of rotatable bonds is 3.